The number of hydrogen-bond donors (Lipinski definition) is 1. The molecular weight excluding hydrogens is 236 g/mol. The van der Waals surface area contributed by atoms with Gasteiger partial charge in [-0.05, 0) is 38.8 Å². The second-order valence-corrected chi connectivity index (χ2v) is 5.85. The molecule has 4 atom stereocenters. The number of nitrogens with zero attached hydrogens (tertiary/aromatic N) is 1. The van der Waals surface area contributed by atoms with Crippen molar-refractivity contribution in [3.63, 3.8) is 0 Å². The summed E-state index contributed by atoms with van der Waals surface area (Å²) >= 11 is 0. The van der Waals surface area contributed by atoms with E-state index in [1.807, 2.05) is 0 Å². The van der Waals surface area contributed by atoms with Gasteiger partial charge in [0.25, 0.3) is 0 Å². The van der Waals surface area contributed by atoms with E-state index in [0.717, 1.165) is 13.2 Å². The molecule has 4 unspecified atom stereocenters. The molecule has 1 heterocycles. The Kier molecular flexibility index (Phi) is 4.61. The molecule has 1 aliphatic rings. The molecule has 0 aliphatic carbocycles. The van der Waals surface area contributed by atoms with Crippen molar-refractivity contribution in [1.29, 1.82) is 0 Å². The van der Waals surface area contributed by atoms with Crippen LogP contribution in [0.5, 0.6) is 0 Å². The van der Waals surface area contributed by atoms with Gasteiger partial charge in [-0.3, -0.25) is 4.90 Å². The van der Waals surface area contributed by atoms with E-state index < -0.39 is 0 Å². The molecule has 0 amide bonds. The molecule has 2 N–H and O–H groups in total. The Morgan fingerprint density at radius 1 is 1.32 bits per heavy atom. The van der Waals surface area contributed by atoms with Crippen LogP contribution in [0.15, 0.2) is 24.3 Å². The molecule has 3 heteroatoms. The minimum Gasteiger partial charge on any atom is -0.376 e. The highest BCUT2D eigenvalue weighted by molar-refractivity contribution is 5.30. The number of hydrogen-bond acceptors (Lipinski definition) is 3. The Morgan fingerprint density at radius 2 is 2.00 bits per heavy atom. The highest BCUT2D eigenvalue weighted by Crippen LogP contribution is 2.30. The number of aryl methyl sites for hydroxylation is 1. The lowest BCUT2D eigenvalue weighted by Gasteiger charge is -2.44. The van der Waals surface area contributed by atoms with E-state index >= 15 is 0 Å². The van der Waals surface area contributed by atoms with E-state index in [0.29, 0.717) is 6.04 Å². The number of nitrogens with two attached hydrogens (primary N) is 1. The highest BCUT2D eigenvalue weighted by Gasteiger charge is 2.33. The second kappa shape index (κ2) is 6.04. The lowest BCUT2D eigenvalue weighted by Crippen LogP contribution is -2.52. The van der Waals surface area contributed by atoms with Crippen LogP contribution in [0.2, 0.25) is 0 Å². The van der Waals surface area contributed by atoms with Crippen LogP contribution in [0, 0.1) is 6.92 Å². The molecule has 1 saturated heterocycles. The fraction of sp³-hybridized carbons (Fsp3) is 0.625. The minimum atomic E-state index is 0.105. The fourth-order valence-electron chi connectivity index (χ4n) is 3.00. The van der Waals surface area contributed by atoms with Gasteiger partial charge in [0.15, 0.2) is 0 Å². The van der Waals surface area contributed by atoms with Crippen molar-refractivity contribution in [3.05, 3.63) is 35.4 Å². The van der Waals surface area contributed by atoms with E-state index in [-0.39, 0.29) is 18.2 Å². The number of morpholine rings is 1. The van der Waals surface area contributed by atoms with Gasteiger partial charge in [-0.15, -0.1) is 0 Å². The van der Waals surface area contributed by atoms with Crippen LogP contribution >= 0.6 is 0 Å². The average Bonchev–Trinajstić information content (AvgIpc) is 2.36. The lowest BCUT2D eigenvalue weighted by molar-refractivity contribution is -0.0698. The number of rotatable bonds is 3. The summed E-state index contributed by atoms with van der Waals surface area (Å²) < 4.78 is 5.73. The molecule has 0 aromatic heterocycles. The van der Waals surface area contributed by atoms with Gasteiger partial charge >= 0.3 is 0 Å². The van der Waals surface area contributed by atoms with Crippen LogP contribution in [-0.4, -0.2) is 36.2 Å². The maximum atomic E-state index is 6.29. The van der Waals surface area contributed by atoms with Gasteiger partial charge in [0.05, 0.1) is 18.8 Å². The third-order valence-electron chi connectivity index (χ3n) is 4.02. The molecule has 106 valence electrons. The zero-order valence-corrected chi connectivity index (χ0v) is 12.5. The number of ether oxygens (including phenoxy) is 1. The molecule has 0 saturated carbocycles. The van der Waals surface area contributed by atoms with E-state index in [1.165, 1.54) is 11.1 Å². The molecule has 1 fully saturated rings. The largest absolute Gasteiger partial charge is 0.376 e. The van der Waals surface area contributed by atoms with E-state index in [1.54, 1.807) is 0 Å². The van der Waals surface area contributed by atoms with Crippen molar-refractivity contribution in [2.45, 2.75) is 51.9 Å². The van der Waals surface area contributed by atoms with Crippen molar-refractivity contribution in [2.24, 2.45) is 5.73 Å². The first-order chi connectivity index (χ1) is 9.00. The summed E-state index contributed by atoms with van der Waals surface area (Å²) in [5, 5.41) is 0. The van der Waals surface area contributed by atoms with Crippen LogP contribution in [0.4, 0.5) is 0 Å². The first-order valence-corrected chi connectivity index (χ1v) is 7.19. The summed E-state index contributed by atoms with van der Waals surface area (Å²) in [5.41, 5.74) is 8.96. The van der Waals surface area contributed by atoms with Gasteiger partial charge in [0.1, 0.15) is 0 Å². The Bertz CT molecular complexity index is 419. The molecule has 19 heavy (non-hydrogen) atoms. The Labute approximate surface area is 116 Å². The molecule has 2 rings (SSSR count). The van der Waals surface area contributed by atoms with Gasteiger partial charge in [0.2, 0.25) is 0 Å². The summed E-state index contributed by atoms with van der Waals surface area (Å²) in [6.45, 7) is 10.4. The zero-order chi connectivity index (χ0) is 14.0. The quantitative estimate of drug-likeness (QED) is 0.909. The minimum absolute atomic E-state index is 0.105. The summed E-state index contributed by atoms with van der Waals surface area (Å²) in [4.78, 5) is 2.50. The molecule has 3 nitrogen and oxygen atoms in total. The Balaban J connectivity index is 2.32. The first-order valence-electron chi connectivity index (χ1n) is 7.19. The van der Waals surface area contributed by atoms with Crippen molar-refractivity contribution in [3.8, 4) is 0 Å². The third-order valence-corrected chi connectivity index (χ3v) is 4.02. The number of benzene rings is 1. The molecular formula is C16H26N2O. The smallest absolute Gasteiger partial charge is 0.0675 e. The highest BCUT2D eigenvalue weighted by atomic mass is 16.5. The third kappa shape index (κ3) is 3.16. The molecule has 0 spiro atoms. The normalized spacial score (nSPS) is 28.1. The van der Waals surface area contributed by atoms with E-state index in [2.05, 4.69) is 56.9 Å². The van der Waals surface area contributed by atoms with Crippen molar-refractivity contribution < 1.29 is 4.74 Å². The SMILES string of the molecule is Cc1ccccc1C(C(C)N)N1CC(C)OCC1C. The van der Waals surface area contributed by atoms with Gasteiger partial charge in [-0.25, -0.2) is 0 Å². The molecule has 1 aromatic carbocycles. The molecule has 1 aliphatic heterocycles. The van der Waals surface area contributed by atoms with Crippen LogP contribution in [0.3, 0.4) is 0 Å². The van der Waals surface area contributed by atoms with Crippen LogP contribution < -0.4 is 5.73 Å². The maximum absolute atomic E-state index is 6.29. The lowest BCUT2D eigenvalue weighted by atomic mass is 9.93. The van der Waals surface area contributed by atoms with Gasteiger partial charge < -0.3 is 10.5 Å². The van der Waals surface area contributed by atoms with Crippen molar-refractivity contribution >= 4 is 0 Å². The summed E-state index contributed by atoms with van der Waals surface area (Å²) in [6.07, 6.45) is 0.279. The predicted molar refractivity (Wildman–Crippen MR) is 79.2 cm³/mol. The van der Waals surface area contributed by atoms with Crippen molar-refractivity contribution in [1.82, 2.24) is 4.90 Å². The predicted octanol–water partition coefficient (Wildman–Crippen LogP) is 2.49. The van der Waals surface area contributed by atoms with E-state index in [9.17, 15) is 0 Å². The zero-order valence-electron chi connectivity index (χ0n) is 12.5. The summed E-state index contributed by atoms with van der Waals surface area (Å²) in [6, 6.07) is 9.34. The topological polar surface area (TPSA) is 38.5 Å². The molecule has 1 aromatic rings. The van der Waals surface area contributed by atoms with Crippen LogP contribution in [-0.2, 0) is 4.74 Å². The van der Waals surface area contributed by atoms with Crippen molar-refractivity contribution in [2.75, 3.05) is 13.2 Å². The molecule has 0 radical (unpaired) electrons. The standard InChI is InChI=1S/C16H26N2O/c1-11-7-5-6-8-15(11)16(14(4)17)18-9-13(3)19-10-12(18)2/h5-8,12-14,16H,9-10,17H2,1-4H3. The summed E-state index contributed by atoms with van der Waals surface area (Å²) in [7, 11) is 0. The fourth-order valence-corrected chi connectivity index (χ4v) is 3.00. The monoisotopic (exact) mass is 262 g/mol. The Morgan fingerprint density at radius 3 is 2.63 bits per heavy atom. The molecule has 0 bridgehead atoms. The first kappa shape index (κ1) is 14.5. The maximum Gasteiger partial charge on any atom is 0.0675 e. The van der Waals surface area contributed by atoms with Crippen LogP contribution in [0.1, 0.15) is 37.9 Å². The van der Waals surface area contributed by atoms with Gasteiger partial charge in [0, 0.05) is 18.6 Å². The van der Waals surface area contributed by atoms with E-state index in [4.69, 9.17) is 10.5 Å². The summed E-state index contributed by atoms with van der Waals surface area (Å²) in [5.74, 6) is 0. The second-order valence-electron chi connectivity index (χ2n) is 5.85. The average molecular weight is 262 g/mol. The van der Waals surface area contributed by atoms with Crippen LogP contribution in [0.25, 0.3) is 0 Å². The van der Waals surface area contributed by atoms with Gasteiger partial charge in [-0.2, -0.15) is 0 Å². The Hall–Kier alpha value is -0.900. The van der Waals surface area contributed by atoms with Gasteiger partial charge in [-0.1, -0.05) is 24.3 Å².